The zero-order valence-electron chi connectivity index (χ0n) is 17.4. The van der Waals surface area contributed by atoms with E-state index in [0.29, 0.717) is 0 Å². The summed E-state index contributed by atoms with van der Waals surface area (Å²) in [6, 6.07) is 34.9. The molecule has 32 heavy (non-hydrogen) atoms. The number of fused-ring (bicyclic) bond motifs is 1. The monoisotopic (exact) mass is 408 g/mol. The van der Waals surface area contributed by atoms with Crippen molar-refractivity contribution in [3.63, 3.8) is 0 Å². The summed E-state index contributed by atoms with van der Waals surface area (Å²) in [5.41, 5.74) is 5.42. The van der Waals surface area contributed by atoms with E-state index in [1.807, 2.05) is 72.8 Å². The van der Waals surface area contributed by atoms with Crippen LogP contribution in [-0.2, 0) is 0 Å². The minimum atomic E-state index is -1.33. The summed E-state index contributed by atoms with van der Waals surface area (Å²) in [5, 5.41) is 21.0. The van der Waals surface area contributed by atoms with E-state index in [0.717, 1.165) is 39.0 Å². The Morgan fingerprint density at radius 1 is 0.656 bits per heavy atom. The van der Waals surface area contributed by atoms with Gasteiger partial charge in [0.05, 0.1) is 12.1 Å². The summed E-state index contributed by atoms with van der Waals surface area (Å²) >= 11 is 0. The van der Waals surface area contributed by atoms with Crippen molar-refractivity contribution in [3.05, 3.63) is 138 Å². The Bertz CT molecular complexity index is 1350. The van der Waals surface area contributed by atoms with Gasteiger partial charge in [0.1, 0.15) is 0 Å². The van der Waals surface area contributed by atoms with E-state index in [-0.39, 0.29) is 5.92 Å². The van der Waals surface area contributed by atoms with Crippen LogP contribution in [0.15, 0.2) is 121 Å². The SMILES string of the molecule is N#CC1(C#N)C(c2ccccc2)=C(c2ccccc2)C2=CC=CC(c3ccccc3)=C[C@@H]21. The van der Waals surface area contributed by atoms with Gasteiger partial charge in [-0.25, -0.2) is 0 Å². The summed E-state index contributed by atoms with van der Waals surface area (Å²) in [6.45, 7) is 0. The Hall–Kier alpha value is -4.40. The van der Waals surface area contributed by atoms with Crippen LogP contribution in [0.4, 0.5) is 0 Å². The van der Waals surface area contributed by atoms with Crippen LogP contribution in [0.5, 0.6) is 0 Å². The van der Waals surface area contributed by atoms with Crippen molar-refractivity contribution in [1.82, 2.24) is 0 Å². The molecule has 2 aliphatic rings. The third kappa shape index (κ3) is 3.02. The first-order valence-corrected chi connectivity index (χ1v) is 10.6. The Morgan fingerprint density at radius 3 is 1.75 bits per heavy atom. The van der Waals surface area contributed by atoms with Gasteiger partial charge in [0.25, 0.3) is 0 Å². The molecule has 0 unspecified atom stereocenters. The summed E-state index contributed by atoms with van der Waals surface area (Å²) in [7, 11) is 0. The van der Waals surface area contributed by atoms with Crippen LogP contribution in [-0.4, -0.2) is 0 Å². The van der Waals surface area contributed by atoms with Gasteiger partial charge in [-0.15, -0.1) is 0 Å². The number of hydrogen-bond donors (Lipinski definition) is 0. The molecule has 0 amide bonds. The Labute approximate surface area is 188 Å². The van der Waals surface area contributed by atoms with Crippen molar-refractivity contribution in [1.29, 1.82) is 10.5 Å². The van der Waals surface area contributed by atoms with Crippen LogP contribution in [0.2, 0.25) is 0 Å². The van der Waals surface area contributed by atoms with Gasteiger partial charge in [0.2, 0.25) is 0 Å². The minimum absolute atomic E-state index is 0.381. The maximum Gasteiger partial charge on any atom is 0.180 e. The number of nitriles is 2. The molecule has 0 spiro atoms. The lowest BCUT2D eigenvalue weighted by Gasteiger charge is -2.23. The smallest absolute Gasteiger partial charge is 0.180 e. The van der Waals surface area contributed by atoms with E-state index in [4.69, 9.17) is 0 Å². The number of benzene rings is 3. The summed E-state index contributed by atoms with van der Waals surface area (Å²) in [6.07, 6.45) is 8.25. The predicted molar refractivity (Wildman–Crippen MR) is 128 cm³/mol. The highest BCUT2D eigenvalue weighted by atomic mass is 14.5. The summed E-state index contributed by atoms with van der Waals surface area (Å²) in [4.78, 5) is 0. The van der Waals surface area contributed by atoms with Crippen molar-refractivity contribution >= 4 is 16.7 Å². The Kier molecular flexibility index (Phi) is 4.91. The van der Waals surface area contributed by atoms with E-state index in [1.54, 1.807) is 0 Å². The molecule has 0 heterocycles. The Balaban J connectivity index is 1.82. The number of rotatable bonds is 3. The normalized spacial score (nSPS) is 18.6. The average Bonchev–Trinajstić information content (AvgIpc) is 2.97. The third-order valence-corrected chi connectivity index (χ3v) is 6.22. The summed E-state index contributed by atoms with van der Waals surface area (Å²) in [5.74, 6) is -0.381. The highest BCUT2D eigenvalue weighted by Gasteiger charge is 2.52. The maximum atomic E-state index is 10.5. The fourth-order valence-corrected chi connectivity index (χ4v) is 4.77. The highest BCUT2D eigenvalue weighted by molar-refractivity contribution is 6.07. The lowest BCUT2D eigenvalue weighted by Crippen LogP contribution is -2.24. The van der Waals surface area contributed by atoms with Crippen LogP contribution in [0, 0.1) is 34.0 Å². The first kappa shape index (κ1) is 19.6. The zero-order chi connectivity index (χ0) is 22.0. The molecular weight excluding hydrogens is 388 g/mol. The van der Waals surface area contributed by atoms with Gasteiger partial charge in [-0.05, 0) is 33.4 Å². The topological polar surface area (TPSA) is 47.6 Å². The van der Waals surface area contributed by atoms with Gasteiger partial charge in [0, 0.05) is 11.5 Å². The maximum absolute atomic E-state index is 10.5. The molecule has 2 nitrogen and oxygen atoms in total. The second kappa shape index (κ2) is 8.03. The molecule has 0 N–H and O–H groups in total. The van der Waals surface area contributed by atoms with Crippen molar-refractivity contribution in [3.8, 4) is 12.1 Å². The molecule has 0 saturated heterocycles. The second-order valence-corrected chi connectivity index (χ2v) is 7.96. The first-order valence-electron chi connectivity index (χ1n) is 10.6. The molecule has 2 aliphatic carbocycles. The molecule has 1 atom stereocenters. The lowest BCUT2D eigenvalue weighted by molar-refractivity contribution is 0.580. The fourth-order valence-electron chi connectivity index (χ4n) is 4.77. The molecular formula is C30H20N2. The molecule has 2 heteroatoms. The lowest BCUT2D eigenvalue weighted by atomic mass is 9.72. The van der Waals surface area contributed by atoms with Crippen molar-refractivity contribution in [2.75, 3.05) is 0 Å². The van der Waals surface area contributed by atoms with Gasteiger partial charge >= 0.3 is 0 Å². The molecule has 3 aromatic rings. The van der Waals surface area contributed by atoms with E-state index < -0.39 is 5.41 Å². The number of nitrogens with zero attached hydrogens (tertiary/aromatic N) is 2. The molecule has 150 valence electrons. The fraction of sp³-hybridized carbons (Fsp3) is 0.0667. The van der Waals surface area contributed by atoms with Crippen LogP contribution in [0.25, 0.3) is 16.7 Å². The molecule has 0 aliphatic heterocycles. The molecule has 0 radical (unpaired) electrons. The van der Waals surface area contributed by atoms with Gasteiger partial charge in [-0.2, -0.15) is 10.5 Å². The summed E-state index contributed by atoms with van der Waals surface area (Å²) < 4.78 is 0. The molecule has 0 saturated carbocycles. The van der Waals surface area contributed by atoms with E-state index in [1.165, 1.54) is 0 Å². The van der Waals surface area contributed by atoms with E-state index in [2.05, 4.69) is 54.6 Å². The van der Waals surface area contributed by atoms with E-state index in [9.17, 15) is 10.5 Å². The highest BCUT2D eigenvalue weighted by Crippen LogP contribution is 2.59. The van der Waals surface area contributed by atoms with Crippen molar-refractivity contribution < 1.29 is 0 Å². The quantitative estimate of drug-likeness (QED) is 0.476. The second-order valence-electron chi connectivity index (χ2n) is 7.96. The third-order valence-electron chi connectivity index (χ3n) is 6.22. The van der Waals surface area contributed by atoms with Gasteiger partial charge < -0.3 is 0 Å². The van der Waals surface area contributed by atoms with Crippen LogP contribution < -0.4 is 0 Å². The number of allylic oxidation sites excluding steroid dienone is 8. The predicted octanol–water partition coefficient (Wildman–Crippen LogP) is 6.84. The number of hydrogen-bond acceptors (Lipinski definition) is 2. The van der Waals surface area contributed by atoms with E-state index >= 15 is 0 Å². The van der Waals surface area contributed by atoms with Crippen LogP contribution >= 0.6 is 0 Å². The average molecular weight is 409 g/mol. The van der Waals surface area contributed by atoms with Crippen molar-refractivity contribution in [2.45, 2.75) is 0 Å². The molecule has 5 rings (SSSR count). The molecule has 0 fully saturated rings. The first-order chi connectivity index (χ1) is 15.8. The Morgan fingerprint density at radius 2 is 1.19 bits per heavy atom. The van der Waals surface area contributed by atoms with Crippen molar-refractivity contribution in [2.24, 2.45) is 11.3 Å². The molecule has 0 aromatic heterocycles. The molecule has 0 bridgehead atoms. The van der Waals surface area contributed by atoms with Crippen LogP contribution in [0.3, 0.4) is 0 Å². The van der Waals surface area contributed by atoms with Gasteiger partial charge in [-0.3, -0.25) is 0 Å². The largest absolute Gasteiger partial charge is 0.196 e. The standard InChI is InChI=1S/C30H20N2/c31-20-30(21-32)27-19-25(22-11-4-1-5-12-22)17-10-18-26(27)28(23-13-6-2-7-14-23)29(30)24-15-8-3-9-16-24/h1-19,27H/t27-/m0/s1. The van der Waals surface area contributed by atoms with Gasteiger partial charge in [-0.1, -0.05) is 115 Å². The minimum Gasteiger partial charge on any atom is -0.196 e. The zero-order valence-corrected chi connectivity index (χ0v) is 17.4. The van der Waals surface area contributed by atoms with Gasteiger partial charge in [0.15, 0.2) is 5.41 Å². The molecule has 3 aromatic carbocycles. The van der Waals surface area contributed by atoms with Crippen LogP contribution in [0.1, 0.15) is 16.7 Å².